The summed E-state index contributed by atoms with van der Waals surface area (Å²) in [5.74, 6) is -0.571. The van der Waals surface area contributed by atoms with Crippen molar-refractivity contribution in [2.24, 2.45) is 5.73 Å². The molecule has 1 heterocycles. The lowest BCUT2D eigenvalue weighted by atomic mass is 10.2. The van der Waals surface area contributed by atoms with E-state index in [-0.39, 0.29) is 17.4 Å². The van der Waals surface area contributed by atoms with Gasteiger partial charge in [0.25, 0.3) is 17.1 Å². The highest BCUT2D eigenvalue weighted by atomic mass is 32.2. The molecule has 0 saturated carbocycles. The van der Waals surface area contributed by atoms with E-state index in [0.717, 1.165) is 4.90 Å². The molecule has 3 rings (SSSR count). The average Bonchev–Trinajstić information content (AvgIpc) is 3.06. The maximum Gasteiger partial charge on any atom is 0.294 e. The van der Waals surface area contributed by atoms with Crippen LogP contribution in [0.2, 0.25) is 0 Å². The van der Waals surface area contributed by atoms with Crippen LogP contribution in [-0.2, 0) is 14.4 Å². The molecular weight excluding hydrogens is 462 g/mol. The van der Waals surface area contributed by atoms with Crippen LogP contribution in [0.4, 0.5) is 10.5 Å². The van der Waals surface area contributed by atoms with Gasteiger partial charge in [-0.3, -0.25) is 24.1 Å². The number of amides is 4. The molecule has 1 saturated heterocycles. The van der Waals surface area contributed by atoms with Gasteiger partial charge in [-0.05, 0) is 54.6 Å². The second-order valence-electron chi connectivity index (χ2n) is 6.91. The Morgan fingerprint density at radius 1 is 1.09 bits per heavy atom. The zero-order valence-electron chi connectivity index (χ0n) is 18.5. The second kappa shape index (κ2) is 11.2. The Labute approximate surface area is 200 Å². The van der Waals surface area contributed by atoms with Gasteiger partial charge in [0.2, 0.25) is 5.91 Å². The molecule has 0 atom stereocenters. The van der Waals surface area contributed by atoms with Crippen molar-refractivity contribution in [1.82, 2.24) is 4.90 Å². The summed E-state index contributed by atoms with van der Waals surface area (Å²) in [6.45, 7) is 1.56. The van der Waals surface area contributed by atoms with Crippen LogP contribution in [0.15, 0.2) is 47.4 Å². The van der Waals surface area contributed by atoms with E-state index in [2.05, 4.69) is 5.32 Å². The smallest absolute Gasteiger partial charge is 0.294 e. The quantitative estimate of drug-likeness (QED) is 0.490. The van der Waals surface area contributed by atoms with Gasteiger partial charge in [0.05, 0.1) is 24.3 Å². The van der Waals surface area contributed by atoms with E-state index in [1.54, 1.807) is 36.4 Å². The van der Waals surface area contributed by atoms with Crippen LogP contribution >= 0.6 is 11.8 Å². The molecular formula is C23H23N3O7S. The van der Waals surface area contributed by atoms with E-state index in [1.165, 1.54) is 13.2 Å². The summed E-state index contributed by atoms with van der Waals surface area (Å²) in [6.07, 6.45) is 1.50. The predicted molar refractivity (Wildman–Crippen MR) is 127 cm³/mol. The third-order valence-corrected chi connectivity index (χ3v) is 5.40. The molecule has 10 nitrogen and oxygen atoms in total. The lowest BCUT2D eigenvalue weighted by Crippen LogP contribution is -2.36. The third kappa shape index (κ3) is 6.07. The zero-order valence-corrected chi connectivity index (χ0v) is 19.3. The highest BCUT2D eigenvalue weighted by molar-refractivity contribution is 8.18. The van der Waals surface area contributed by atoms with Gasteiger partial charge in [0.1, 0.15) is 12.3 Å². The molecule has 0 bridgehead atoms. The van der Waals surface area contributed by atoms with Crippen LogP contribution in [0.3, 0.4) is 0 Å². The number of ether oxygens (including phenoxy) is 3. The fourth-order valence-corrected chi connectivity index (χ4v) is 3.86. The number of carbonyl (C=O) groups is 4. The summed E-state index contributed by atoms with van der Waals surface area (Å²) in [7, 11) is 1.44. The number of anilines is 1. The molecule has 4 amide bonds. The topological polar surface area (TPSA) is 137 Å². The van der Waals surface area contributed by atoms with Gasteiger partial charge in [-0.25, -0.2) is 0 Å². The fourth-order valence-electron chi connectivity index (χ4n) is 3.02. The molecule has 0 spiro atoms. The van der Waals surface area contributed by atoms with Gasteiger partial charge in [-0.2, -0.15) is 0 Å². The Morgan fingerprint density at radius 3 is 2.56 bits per heavy atom. The van der Waals surface area contributed by atoms with Crippen LogP contribution in [0, 0.1) is 0 Å². The Kier molecular flexibility index (Phi) is 8.14. The Bertz CT molecular complexity index is 1150. The fraction of sp³-hybridized carbons (Fsp3) is 0.217. The molecule has 34 heavy (non-hydrogen) atoms. The Hall–Kier alpha value is -3.99. The van der Waals surface area contributed by atoms with E-state index >= 15 is 0 Å². The van der Waals surface area contributed by atoms with Crippen LogP contribution < -0.4 is 25.3 Å². The third-order valence-electron chi connectivity index (χ3n) is 4.49. The molecule has 0 unspecified atom stereocenters. The molecule has 11 heteroatoms. The van der Waals surface area contributed by atoms with Crippen molar-refractivity contribution in [3.8, 4) is 17.2 Å². The summed E-state index contributed by atoms with van der Waals surface area (Å²) in [6, 6.07) is 11.9. The second-order valence-corrected chi connectivity index (χ2v) is 7.90. The molecule has 1 fully saturated rings. The van der Waals surface area contributed by atoms with Crippen LogP contribution in [-0.4, -0.2) is 54.7 Å². The predicted octanol–water partition coefficient (Wildman–Crippen LogP) is 2.63. The lowest BCUT2D eigenvalue weighted by molar-refractivity contribution is -0.127. The number of primary amides is 1. The summed E-state index contributed by atoms with van der Waals surface area (Å²) < 4.78 is 16.4. The van der Waals surface area contributed by atoms with Crippen molar-refractivity contribution in [2.45, 2.75) is 6.92 Å². The van der Waals surface area contributed by atoms with Crippen molar-refractivity contribution in [2.75, 3.05) is 32.2 Å². The first-order valence-electron chi connectivity index (χ1n) is 10.2. The average molecular weight is 486 g/mol. The number of para-hydroxylation sites is 2. The van der Waals surface area contributed by atoms with Crippen molar-refractivity contribution in [1.29, 1.82) is 0 Å². The summed E-state index contributed by atoms with van der Waals surface area (Å²) in [5, 5.41) is 2.17. The van der Waals surface area contributed by atoms with Crippen LogP contribution in [0.5, 0.6) is 17.2 Å². The van der Waals surface area contributed by atoms with E-state index in [1.807, 2.05) is 13.0 Å². The summed E-state index contributed by atoms with van der Waals surface area (Å²) in [5.41, 5.74) is 6.18. The molecule has 1 aliphatic rings. The minimum absolute atomic E-state index is 0.148. The van der Waals surface area contributed by atoms with E-state index in [9.17, 15) is 19.2 Å². The van der Waals surface area contributed by atoms with Gasteiger partial charge >= 0.3 is 0 Å². The largest absolute Gasteiger partial charge is 0.493 e. The number of hydrogen-bond donors (Lipinski definition) is 2. The normalized spacial score (nSPS) is 14.3. The van der Waals surface area contributed by atoms with Crippen molar-refractivity contribution >= 4 is 46.5 Å². The maximum atomic E-state index is 12.4. The molecule has 0 aromatic heterocycles. The van der Waals surface area contributed by atoms with Crippen molar-refractivity contribution < 1.29 is 33.4 Å². The molecule has 2 aromatic carbocycles. The molecule has 3 N–H and O–H groups in total. The highest BCUT2D eigenvalue weighted by Gasteiger charge is 2.35. The first-order chi connectivity index (χ1) is 16.3. The van der Waals surface area contributed by atoms with E-state index < -0.39 is 23.6 Å². The first-order valence-corrected chi connectivity index (χ1v) is 11.0. The van der Waals surface area contributed by atoms with Gasteiger partial charge in [-0.1, -0.05) is 18.2 Å². The minimum atomic E-state index is -0.780. The molecule has 178 valence electrons. The zero-order chi connectivity index (χ0) is 24.7. The molecule has 0 radical (unpaired) electrons. The van der Waals surface area contributed by atoms with E-state index in [0.29, 0.717) is 46.9 Å². The number of nitrogens with two attached hydrogens (primary N) is 1. The number of benzene rings is 2. The van der Waals surface area contributed by atoms with E-state index in [4.69, 9.17) is 19.9 Å². The van der Waals surface area contributed by atoms with Gasteiger partial charge in [0, 0.05) is 0 Å². The number of imide groups is 1. The van der Waals surface area contributed by atoms with Crippen LogP contribution in [0.25, 0.3) is 6.08 Å². The SMILES string of the molecule is CCOc1ccccc1NC(=O)COc1ccc(/C=C2\SC(=O)N(CC(N)=O)C2=O)cc1OC. The lowest BCUT2D eigenvalue weighted by Gasteiger charge is -2.13. The standard InChI is InChI=1S/C23H23N3O7S/c1-3-32-16-7-5-4-6-15(16)25-21(28)13-33-17-9-8-14(10-18(17)31-2)11-19-22(29)26(12-20(24)27)23(30)34-19/h4-11H,3,12-13H2,1-2H3,(H2,24,27)(H,25,28)/b19-11-. The number of rotatable bonds is 10. The Balaban J connectivity index is 1.67. The number of methoxy groups -OCH3 is 1. The number of nitrogens with one attached hydrogen (secondary N) is 1. The highest BCUT2D eigenvalue weighted by Crippen LogP contribution is 2.34. The first kappa shape index (κ1) is 24.6. The van der Waals surface area contributed by atoms with Gasteiger partial charge in [0.15, 0.2) is 18.1 Å². The number of nitrogens with zero attached hydrogens (tertiary/aromatic N) is 1. The number of hydrogen-bond acceptors (Lipinski definition) is 8. The van der Waals surface area contributed by atoms with Crippen molar-refractivity contribution in [3.63, 3.8) is 0 Å². The van der Waals surface area contributed by atoms with Crippen LogP contribution in [0.1, 0.15) is 12.5 Å². The monoisotopic (exact) mass is 485 g/mol. The summed E-state index contributed by atoms with van der Waals surface area (Å²) in [4.78, 5) is 48.7. The number of carbonyl (C=O) groups excluding carboxylic acids is 4. The molecule has 1 aliphatic heterocycles. The number of thioether (sulfide) groups is 1. The maximum absolute atomic E-state index is 12.4. The van der Waals surface area contributed by atoms with Gasteiger partial charge in [-0.15, -0.1) is 0 Å². The van der Waals surface area contributed by atoms with Crippen molar-refractivity contribution in [3.05, 3.63) is 52.9 Å². The molecule has 0 aliphatic carbocycles. The summed E-state index contributed by atoms with van der Waals surface area (Å²) >= 11 is 0.711. The Morgan fingerprint density at radius 2 is 1.85 bits per heavy atom. The van der Waals surface area contributed by atoms with Gasteiger partial charge < -0.3 is 25.3 Å². The molecule has 2 aromatic rings. The minimum Gasteiger partial charge on any atom is -0.493 e.